The van der Waals surface area contributed by atoms with Crippen molar-refractivity contribution >= 4 is 12.2 Å². The van der Waals surface area contributed by atoms with Gasteiger partial charge in [0.1, 0.15) is 0 Å². The van der Waals surface area contributed by atoms with Crippen LogP contribution in [-0.4, -0.2) is 34.6 Å². The van der Waals surface area contributed by atoms with Crippen LogP contribution in [-0.2, 0) is 5.41 Å². The zero-order valence-electron chi connectivity index (χ0n) is 10.6. The Labute approximate surface area is 102 Å². The largest absolute Gasteiger partial charge is 0.337 e. The molecule has 0 aliphatic carbocycles. The molecule has 4 heteroatoms. The lowest BCUT2D eigenvalue weighted by Crippen LogP contribution is -2.23. The minimum Gasteiger partial charge on any atom is -0.337 e. The minimum atomic E-state index is 0.148. The first-order valence-electron chi connectivity index (χ1n) is 5.88. The monoisotopic (exact) mass is 239 g/mol. The molecule has 0 bridgehead atoms. The lowest BCUT2D eigenvalue weighted by Gasteiger charge is -2.24. The van der Waals surface area contributed by atoms with E-state index >= 15 is 0 Å². The molecule has 1 aliphatic rings. The number of likely N-dealkylation sites (N-methyl/N-ethyl adjacent to an activating group) is 1. The molecule has 0 spiro atoms. The van der Waals surface area contributed by atoms with Crippen molar-refractivity contribution in [1.82, 2.24) is 14.5 Å². The number of rotatable bonds is 1. The number of nitrogens with zero attached hydrogens (tertiary/aromatic N) is 2. The van der Waals surface area contributed by atoms with E-state index in [1.165, 1.54) is 18.7 Å². The fourth-order valence-electron chi connectivity index (χ4n) is 2.44. The highest BCUT2D eigenvalue weighted by Crippen LogP contribution is 2.29. The van der Waals surface area contributed by atoms with Gasteiger partial charge in [-0.2, -0.15) is 0 Å². The lowest BCUT2D eigenvalue weighted by atomic mass is 9.92. The van der Waals surface area contributed by atoms with Crippen molar-refractivity contribution in [2.75, 3.05) is 20.1 Å². The van der Waals surface area contributed by atoms with Crippen molar-refractivity contribution < 1.29 is 0 Å². The predicted octanol–water partition coefficient (Wildman–Crippen LogP) is 2.72. The molecule has 90 valence electrons. The Morgan fingerprint density at radius 1 is 1.44 bits per heavy atom. The summed E-state index contributed by atoms with van der Waals surface area (Å²) in [5.74, 6) is 0. The average Bonchev–Trinajstić information content (AvgIpc) is 2.70. The second-order valence-electron chi connectivity index (χ2n) is 5.80. The van der Waals surface area contributed by atoms with Crippen LogP contribution < -0.4 is 0 Å². The van der Waals surface area contributed by atoms with Crippen molar-refractivity contribution in [1.29, 1.82) is 0 Å². The maximum absolute atomic E-state index is 5.41. The van der Waals surface area contributed by atoms with E-state index in [1.807, 2.05) is 0 Å². The number of imidazole rings is 1. The van der Waals surface area contributed by atoms with Gasteiger partial charge in [-0.25, -0.2) is 0 Å². The van der Waals surface area contributed by atoms with Gasteiger partial charge in [-0.3, -0.25) is 0 Å². The fraction of sp³-hybridized carbons (Fsp3) is 0.750. The molecule has 1 N–H and O–H groups in total. The van der Waals surface area contributed by atoms with Gasteiger partial charge >= 0.3 is 0 Å². The first-order chi connectivity index (χ1) is 7.39. The molecule has 1 atom stereocenters. The Bertz CT molecular complexity index is 424. The van der Waals surface area contributed by atoms with Gasteiger partial charge in [0.05, 0.1) is 6.04 Å². The van der Waals surface area contributed by atoms with E-state index < -0.39 is 0 Å². The predicted molar refractivity (Wildman–Crippen MR) is 69.5 cm³/mol. The molecule has 3 nitrogen and oxygen atoms in total. The highest BCUT2D eigenvalue weighted by Gasteiger charge is 2.27. The molecular formula is C12H21N3S. The third-order valence-corrected chi connectivity index (χ3v) is 3.63. The van der Waals surface area contributed by atoms with Crippen molar-refractivity contribution in [3.05, 3.63) is 16.7 Å². The maximum atomic E-state index is 5.41. The quantitative estimate of drug-likeness (QED) is 0.762. The Hall–Kier alpha value is -0.610. The molecule has 0 aromatic carbocycles. The molecule has 1 fully saturated rings. The van der Waals surface area contributed by atoms with E-state index in [-0.39, 0.29) is 5.41 Å². The van der Waals surface area contributed by atoms with Crippen LogP contribution in [0.2, 0.25) is 0 Å². The summed E-state index contributed by atoms with van der Waals surface area (Å²) >= 11 is 5.41. The van der Waals surface area contributed by atoms with E-state index in [1.54, 1.807) is 0 Å². The maximum Gasteiger partial charge on any atom is 0.177 e. The topological polar surface area (TPSA) is 24.0 Å². The molecule has 2 heterocycles. The second-order valence-corrected chi connectivity index (χ2v) is 6.19. The van der Waals surface area contributed by atoms with Gasteiger partial charge in [0.2, 0.25) is 0 Å². The Morgan fingerprint density at radius 3 is 2.62 bits per heavy atom. The summed E-state index contributed by atoms with van der Waals surface area (Å²) in [7, 11) is 2.17. The highest BCUT2D eigenvalue weighted by molar-refractivity contribution is 7.71. The smallest absolute Gasteiger partial charge is 0.177 e. The number of aromatic amines is 1. The average molecular weight is 239 g/mol. The highest BCUT2D eigenvalue weighted by atomic mass is 32.1. The molecule has 1 aliphatic heterocycles. The van der Waals surface area contributed by atoms with Crippen LogP contribution in [0.25, 0.3) is 0 Å². The van der Waals surface area contributed by atoms with Crippen LogP contribution >= 0.6 is 12.2 Å². The van der Waals surface area contributed by atoms with Gasteiger partial charge in [-0.15, -0.1) is 0 Å². The number of likely N-dealkylation sites (tertiary alicyclic amines) is 1. The third-order valence-electron chi connectivity index (χ3n) is 3.31. The Balaban J connectivity index is 2.40. The molecule has 16 heavy (non-hydrogen) atoms. The first-order valence-corrected chi connectivity index (χ1v) is 6.29. The van der Waals surface area contributed by atoms with Crippen molar-refractivity contribution in [3.8, 4) is 0 Å². The van der Waals surface area contributed by atoms with Gasteiger partial charge in [0.25, 0.3) is 0 Å². The molecule has 2 rings (SSSR count). The van der Waals surface area contributed by atoms with Crippen LogP contribution in [0.4, 0.5) is 0 Å². The molecule has 0 amide bonds. The van der Waals surface area contributed by atoms with Gasteiger partial charge in [-0.05, 0) is 32.2 Å². The number of H-pyrrole nitrogens is 1. The minimum absolute atomic E-state index is 0.148. The molecule has 0 saturated carbocycles. The van der Waals surface area contributed by atoms with E-state index in [0.717, 1.165) is 11.3 Å². The summed E-state index contributed by atoms with van der Waals surface area (Å²) in [6, 6.07) is 0.540. The van der Waals surface area contributed by atoms with E-state index in [9.17, 15) is 0 Å². The summed E-state index contributed by atoms with van der Waals surface area (Å²) in [5, 5.41) is 0. The normalized spacial score (nSPS) is 22.9. The SMILES string of the molecule is CN1CCC(n2c(C(C)(C)C)c[nH]c2=S)C1. The zero-order valence-corrected chi connectivity index (χ0v) is 11.4. The standard InChI is InChI=1S/C12H21N3S/c1-12(2,3)10-7-13-11(16)15(10)9-5-6-14(4)8-9/h7,9H,5-6,8H2,1-4H3,(H,13,16). The van der Waals surface area contributed by atoms with Crippen LogP contribution in [0.15, 0.2) is 6.20 Å². The van der Waals surface area contributed by atoms with Crippen LogP contribution in [0.5, 0.6) is 0 Å². The van der Waals surface area contributed by atoms with E-state index in [4.69, 9.17) is 12.2 Å². The molecule has 1 saturated heterocycles. The van der Waals surface area contributed by atoms with E-state index in [0.29, 0.717) is 6.04 Å². The Kier molecular flexibility index (Phi) is 2.97. The zero-order chi connectivity index (χ0) is 11.9. The van der Waals surface area contributed by atoms with Crippen LogP contribution in [0.3, 0.4) is 0 Å². The third kappa shape index (κ3) is 2.09. The summed E-state index contributed by atoms with van der Waals surface area (Å²) < 4.78 is 3.18. The van der Waals surface area contributed by atoms with E-state index in [2.05, 4.69) is 48.5 Å². The van der Waals surface area contributed by atoms with Crippen LogP contribution in [0.1, 0.15) is 38.9 Å². The lowest BCUT2D eigenvalue weighted by molar-refractivity contribution is 0.381. The number of aromatic nitrogens is 2. The Morgan fingerprint density at radius 2 is 2.12 bits per heavy atom. The first kappa shape index (κ1) is 11.9. The molecule has 1 unspecified atom stereocenters. The summed E-state index contributed by atoms with van der Waals surface area (Å²) in [6.07, 6.45) is 3.27. The van der Waals surface area contributed by atoms with Crippen molar-refractivity contribution in [2.24, 2.45) is 0 Å². The summed E-state index contributed by atoms with van der Waals surface area (Å²) in [4.78, 5) is 5.56. The molecule has 1 aromatic rings. The van der Waals surface area contributed by atoms with Gasteiger partial charge < -0.3 is 14.5 Å². The number of hydrogen-bond acceptors (Lipinski definition) is 2. The molecule has 1 aromatic heterocycles. The van der Waals surface area contributed by atoms with Crippen LogP contribution in [0, 0.1) is 4.77 Å². The number of hydrogen-bond donors (Lipinski definition) is 1. The fourth-order valence-corrected chi connectivity index (χ4v) is 2.75. The molecular weight excluding hydrogens is 218 g/mol. The number of nitrogens with one attached hydrogen (secondary N) is 1. The van der Waals surface area contributed by atoms with Crippen molar-refractivity contribution in [3.63, 3.8) is 0 Å². The van der Waals surface area contributed by atoms with Crippen molar-refractivity contribution in [2.45, 2.75) is 38.6 Å². The second kappa shape index (κ2) is 4.00. The summed E-state index contributed by atoms with van der Waals surface area (Å²) in [5.41, 5.74) is 1.46. The van der Waals surface area contributed by atoms with Gasteiger partial charge in [0, 0.05) is 23.9 Å². The summed E-state index contributed by atoms with van der Waals surface area (Å²) in [6.45, 7) is 8.98. The molecule has 0 radical (unpaired) electrons. The van der Waals surface area contributed by atoms with Gasteiger partial charge in [-0.1, -0.05) is 20.8 Å². The van der Waals surface area contributed by atoms with Gasteiger partial charge in [0.15, 0.2) is 4.77 Å².